The topological polar surface area (TPSA) is 72.5 Å². The van der Waals surface area contributed by atoms with Gasteiger partial charge in [0.05, 0.1) is 19.6 Å². The zero-order chi connectivity index (χ0) is 15.2. The molecule has 0 aromatic rings. The molecule has 1 unspecified atom stereocenters. The third kappa shape index (κ3) is 6.94. The molecule has 0 saturated heterocycles. The summed E-state index contributed by atoms with van der Waals surface area (Å²) in [6, 6.07) is -0.471. The van der Waals surface area contributed by atoms with E-state index in [1.165, 1.54) is 14.0 Å². The quantitative estimate of drug-likeness (QED) is 0.715. The van der Waals surface area contributed by atoms with Gasteiger partial charge in [0, 0.05) is 6.42 Å². The van der Waals surface area contributed by atoms with Crippen LogP contribution in [0.4, 0.5) is 0 Å². The van der Waals surface area contributed by atoms with E-state index in [4.69, 9.17) is 0 Å². The fourth-order valence-corrected chi connectivity index (χ4v) is 1.92. The largest absolute Gasteiger partial charge is 0.469 e. The summed E-state index contributed by atoms with van der Waals surface area (Å²) in [5.41, 5.74) is -0.491. The Morgan fingerprint density at radius 1 is 1.16 bits per heavy atom. The van der Waals surface area contributed by atoms with E-state index >= 15 is 0 Å². The van der Waals surface area contributed by atoms with Crippen LogP contribution in [0, 0.1) is 11.3 Å². The van der Waals surface area contributed by atoms with Crippen molar-refractivity contribution in [2.24, 2.45) is 11.3 Å². The fourth-order valence-electron chi connectivity index (χ4n) is 1.92. The maximum atomic E-state index is 11.9. The molecule has 0 aromatic heterocycles. The number of esters is 1. The van der Waals surface area contributed by atoms with Crippen molar-refractivity contribution in [3.05, 3.63) is 0 Å². The number of carbonyl (C=O) groups excluding carboxylic acids is 3. The average molecular weight is 271 g/mol. The third-order valence-corrected chi connectivity index (χ3v) is 2.91. The lowest BCUT2D eigenvalue weighted by Crippen LogP contribution is -2.44. The SMILES string of the molecule is COC(=O)CC(C)(C)CC(=O)NC(C(C)=O)C(C)C. The molecule has 0 radical (unpaired) electrons. The van der Waals surface area contributed by atoms with E-state index in [1.807, 2.05) is 27.7 Å². The van der Waals surface area contributed by atoms with Gasteiger partial charge in [-0.1, -0.05) is 27.7 Å². The van der Waals surface area contributed by atoms with Gasteiger partial charge < -0.3 is 10.1 Å². The van der Waals surface area contributed by atoms with Crippen LogP contribution < -0.4 is 5.32 Å². The molecule has 0 aliphatic rings. The lowest BCUT2D eigenvalue weighted by molar-refractivity contribution is -0.143. The van der Waals surface area contributed by atoms with E-state index in [2.05, 4.69) is 10.1 Å². The highest BCUT2D eigenvalue weighted by molar-refractivity contribution is 5.88. The summed E-state index contributed by atoms with van der Waals surface area (Å²) in [6.07, 6.45) is 0.349. The average Bonchev–Trinajstić information content (AvgIpc) is 2.23. The Morgan fingerprint density at radius 2 is 1.68 bits per heavy atom. The molecule has 0 saturated carbocycles. The van der Waals surface area contributed by atoms with Gasteiger partial charge in [-0.25, -0.2) is 0 Å². The second-order valence-electron chi connectivity index (χ2n) is 5.99. The van der Waals surface area contributed by atoms with Crippen LogP contribution in [0.25, 0.3) is 0 Å². The summed E-state index contributed by atoms with van der Waals surface area (Å²) in [5, 5.41) is 2.72. The number of amides is 1. The van der Waals surface area contributed by atoms with E-state index in [1.54, 1.807) is 0 Å². The lowest BCUT2D eigenvalue weighted by Gasteiger charge is -2.25. The highest BCUT2D eigenvalue weighted by Crippen LogP contribution is 2.25. The highest BCUT2D eigenvalue weighted by atomic mass is 16.5. The molecular formula is C14H25NO4. The van der Waals surface area contributed by atoms with E-state index in [0.717, 1.165) is 0 Å². The van der Waals surface area contributed by atoms with Gasteiger partial charge in [0.15, 0.2) is 5.78 Å². The molecule has 0 fully saturated rings. The fraction of sp³-hybridized carbons (Fsp3) is 0.786. The Hall–Kier alpha value is -1.39. The Kier molecular flexibility index (Phi) is 6.73. The molecule has 0 aromatic carbocycles. The molecule has 0 aliphatic carbocycles. The number of Topliss-reactive ketones (excluding diaryl/α,β-unsaturated/α-hetero) is 1. The molecule has 1 amide bonds. The lowest BCUT2D eigenvalue weighted by atomic mass is 9.85. The van der Waals surface area contributed by atoms with Crippen molar-refractivity contribution in [1.29, 1.82) is 0 Å². The first-order chi connectivity index (χ1) is 8.59. The normalized spacial score (nSPS) is 13.0. The maximum Gasteiger partial charge on any atom is 0.306 e. The van der Waals surface area contributed by atoms with E-state index in [0.29, 0.717) is 0 Å². The summed E-state index contributed by atoms with van der Waals surface area (Å²) in [6.45, 7) is 8.87. The van der Waals surface area contributed by atoms with E-state index in [-0.39, 0.29) is 36.4 Å². The molecule has 0 spiro atoms. The van der Waals surface area contributed by atoms with Crippen molar-refractivity contribution in [2.45, 2.75) is 53.5 Å². The second kappa shape index (κ2) is 7.26. The van der Waals surface area contributed by atoms with Crippen molar-refractivity contribution in [3.63, 3.8) is 0 Å². The minimum absolute atomic E-state index is 0.0465. The Morgan fingerprint density at radius 3 is 2.05 bits per heavy atom. The smallest absolute Gasteiger partial charge is 0.306 e. The van der Waals surface area contributed by atoms with Gasteiger partial charge in [0.25, 0.3) is 0 Å². The van der Waals surface area contributed by atoms with Crippen molar-refractivity contribution >= 4 is 17.7 Å². The summed E-state index contributed by atoms with van der Waals surface area (Å²) in [4.78, 5) is 34.6. The first kappa shape index (κ1) is 17.6. The molecule has 5 nitrogen and oxygen atoms in total. The highest BCUT2D eigenvalue weighted by Gasteiger charge is 2.28. The van der Waals surface area contributed by atoms with Crippen LogP contribution in [0.1, 0.15) is 47.5 Å². The van der Waals surface area contributed by atoms with Crippen LogP contribution in [-0.4, -0.2) is 30.8 Å². The van der Waals surface area contributed by atoms with Crippen LogP contribution >= 0.6 is 0 Å². The molecular weight excluding hydrogens is 246 g/mol. The molecule has 0 bridgehead atoms. The second-order valence-corrected chi connectivity index (χ2v) is 5.99. The Balaban J connectivity index is 4.52. The summed E-state index contributed by atoms with van der Waals surface area (Å²) >= 11 is 0. The first-order valence-electron chi connectivity index (χ1n) is 6.45. The summed E-state index contributed by atoms with van der Waals surface area (Å²) < 4.78 is 4.60. The third-order valence-electron chi connectivity index (χ3n) is 2.91. The minimum Gasteiger partial charge on any atom is -0.469 e. The van der Waals surface area contributed by atoms with Crippen molar-refractivity contribution in [2.75, 3.05) is 7.11 Å². The molecule has 1 N–H and O–H groups in total. The summed E-state index contributed by atoms with van der Waals surface area (Å²) in [5.74, 6) is -0.577. The van der Waals surface area contributed by atoms with Crippen molar-refractivity contribution in [3.8, 4) is 0 Å². The zero-order valence-electron chi connectivity index (χ0n) is 12.7. The maximum absolute atomic E-state index is 11.9. The van der Waals surface area contributed by atoms with Gasteiger partial charge in [-0.05, 0) is 18.3 Å². The number of rotatable bonds is 7. The van der Waals surface area contributed by atoms with Gasteiger partial charge in [0.1, 0.15) is 0 Å². The number of nitrogens with one attached hydrogen (secondary N) is 1. The predicted molar refractivity (Wildman–Crippen MR) is 72.5 cm³/mol. The van der Waals surface area contributed by atoms with Crippen molar-refractivity contribution < 1.29 is 19.1 Å². The van der Waals surface area contributed by atoms with E-state index in [9.17, 15) is 14.4 Å². The predicted octanol–water partition coefficient (Wildman–Crippen LogP) is 1.70. The van der Waals surface area contributed by atoms with Gasteiger partial charge in [-0.15, -0.1) is 0 Å². The van der Waals surface area contributed by atoms with Crippen LogP contribution in [0.2, 0.25) is 0 Å². The first-order valence-corrected chi connectivity index (χ1v) is 6.45. The minimum atomic E-state index is -0.491. The Labute approximate surface area is 115 Å². The molecule has 0 rings (SSSR count). The number of ether oxygens (including phenoxy) is 1. The molecule has 110 valence electrons. The number of methoxy groups -OCH3 is 1. The summed E-state index contributed by atoms with van der Waals surface area (Å²) in [7, 11) is 1.32. The number of ketones is 1. The number of hydrogen-bond donors (Lipinski definition) is 1. The van der Waals surface area contributed by atoms with Crippen LogP contribution in [-0.2, 0) is 19.1 Å². The number of hydrogen-bond acceptors (Lipinski definition) is 4. The zero-order valence-corrected chi connectivity index (χ0v) is 12.7. The van der Waals surface area contributed by atoms with Crippen LogP contribution in [0.3, 0.4) is 0 Å². The molecule has 0 aliphatic heterocycles. The Bertz CT molecular complexity index is 347. The molecule has 0 heterocycles. The standard InChI is InChI=1S/C14H25NO4/c1-9(2)13(10(3)16)15-11(17)7-14(4,5)8-12(18)19-6/h9,13H,7-8H2,1-6H3,(H,15,17). The molecule has 1 atom stereocenters. The van der Waals surface area contributed by atoms with Crippen molar-refractivity contribution in [1.82, 2.24) is 5.32 Å². The van der Waals surface area contributed by atoms with Gasteiger partial charge >= 0.3 is 5.97 Å². The van der Waals surface area contributed by atoms with E-state index < -0.39 is 11.5 Å². The number of carbonyl (C=O) groups is 3. The van der Waals surface area contributed by atoms with Gasteiger partial charge in [-0.3, -0.25) is 14.4 Å². The molecule has 19 heavy (non-hydrogen) atoms. The monoisotopic (exact) mass is 271 g/mol. The van der Waals surface area contributed by atoms with Gasteiger partial charge in [-0.2, -0.15) is 0 Å². The van der Waals surface area contributed by atoms with Crippen LogP contribution in [0.5, 0.6) is 0 Å². The van der Waals surface area contributed by atoms with Gasteiger partial charge in [0.2, 0.25) is 5.91 Å². The van der Waals surface area contributed by atoms with Crippen LogP contribution in [0.15, 0.2) is 0 Å². The molecule has 5 heteroatoms.